The van der Waals surface area contributed by atoms with Crippen LogP contribution in [-0.2, 0) is 10.0 Å². The van der Waals surface area contributed by atoms with Crippen molar-refractivity contribution in [1.29, 1.82) is 0 Å². The number of aromatic amines is 1. The molecule has 0 atom stereocenters. The first-order chi connectivity index (χ1) is 6.55. The van der Waals surface area contributed by atoms with Gasteiger partial charge in [-0.25, -0.2) is 13.1 Å². The van der Waals surface area contributed by atoms with Crippen molar-refractivity contribution in [2.24, 2.45) is 0 Å². The van der Waals surface area contributed by atoms with Crippen molar-refractivity contribution in [2.45, 2.75) is 13.3 Å². The van der Waals surface area contributed by atoms with Crippen molar-refractivity contribution in [3.8, 4) is 0 Å². The quantitative estimate of drug-likeness (QED) is 0.735. The molecule has 78 valence electrons. The summed E-state index contributed by atoms with van der Waals surface area (Å²) in [6.07, 6.45) is 1.84. The molecule has 0 aliphatic carbocycles. The van der Waals surface area contributed by atoms with Crippen LogP contribution in [0.1, 0.15) is 23.8 Å². The summed E-state index contributed by atoms with van der Waals surface area (Å²) in [5.74, 6) is -0.747. The van der Waals surface area contributed by atoms with Gasteiger partial charge in [-0.3, -0.25) is 9.89 Å². The van der Waals surface area contributed by atoms with Crippen LogP contribution in [0.25, 0.3) is 0 Å². The third-order valence-electron chi connectivity index (χ3n) is 1.47. The number of carbonyl (C=O) groups excluding carboxylic acids is 1. The molecule has 0 unspecified atom stereocenters. The Kier molecular flexibility index (Phi) is 3.23. The lowest BCUT2D eigenvalue weighted by atomic mass is 10.4. The average Bonchev–Trinajstić information content (AvgIpc) is 2.53. The van der Waals surface area contributed by atoms with E-state index in [1.165, 1.54) is 12.3 Å². The summed E-state index contributed by atoms with van der Waals surface area (Å²) in [6, 6.07) is 1.40. The molecule has 0 radical (unpaired) electrons. The van der Waals surface area contributed by atoms with E-state index in [9.17, 15) is 13.2 Å². The van der Waals surface area contributed by atoms with Crippen molar-refractivity contribution in [3.63, 3.8) is 0 Å². The van der Waals surface area contributed by atoms with Gasteiger partial charge in [-0.2, -0.15) is 5.10 Å². The Morgan fingerprint density at radius 2 is 2.36 bits per heavy atom. The van der Waals surface area contributed by atoms with Crippen LogP contribution in [0.3, 0.4) is 0 Å². The van der Waals surface area contributed by atoms with Crippen LogP contribution in [0.4, 0.5) is 0 Å². The normalized spacial score (nSPS) is 11.2. The molecule has 2 N–H and O–H groups in total. The van der Waals surface area contributed by atoms with Crippen molar-refractivity contribution in [2.75, 3.05) is 5.75 Å². The number of nitrogens with one attached hydrogen (secondary N) is 2. The highest BCUT2D eigenvalue weighted by Gasteiger charge is 2.15. The molecule has 0 spiro atoms. The van der Waals surface area contributed by atoms with E-state index in [2.05, 4.69) is 10.2 Å². The van der Waals surface area contributed by atoms with E-state index in [-0.39, 0.29) is 11.4 Å². The number of nitrogens with zero attached hydrogens (tertiary/aromatic N) is 1. The van der Waals surface area contributed by atoms with E-state index in [1.807, 2.05) is 4.72 Å². The molecule has 0 aliphatic heterocycles. The summed E-state index contributed by atoms with van der Waals surface area (Å²) in [7, 11) is -3.50. The lowest BCUT2D eigenvalue weighted by molar-refractivity contribution is 0.0976. The molecule has 0 fully saturated rings. The van der Waals surface area contributed by atoms with E-state index >= 15 is 0 Å². The summed E-state index contributed by atoms with van der Waals surface area (Å²) < 4.78 is 24.3. The van der Waals surface area contributed by atoms with Gasteiger partial charge >= 0.3 is 0 Å². The second-order valence-corrected chi connectivity index (χ2v) is 4.56. The minimum absolute atomic E-state index is 0.0626. The van der Waals surface area contributed by atoms with Gasteiger partial charge in [0.1, 0.15) is 5.69 Å². The zero-order chi connectivity index (χ0) is 10.6. The zero-order valence-corrected chi connectivity index (χ0v) is 8.47. The highest BCUT2D eigenvalue weighted by molar-refractivity contribution is 7.90. The largest absolute Gasteiger partial charge is 0.282 e. The molecule has 14 heavy (non-hydrogen) atoms. The standard InChI is InChI=1S/C7H11N3O3S/c1-2-5-14(12,13)10-7(11)6-3-4-8-9-6/h3-4H,2,5H2,1H3,(H,8,9)(H,10,11). The summed E-state index contributed by atoms with van der Waals surface area (Å²) in [5.41, 5.74) is 0.129. The zero-order valence-electron chi connectivity index (χ0n) is 7.65. The van der Waals surface area contributed by atoms with Gasteiger partial charge in [0.05, 0.1) is 5.75 Å². The topological polar surface area (TPSA) is 91.9 Å². The molecule has 1 aromatic heterocycles. The maximum absolute atomic E-state index is 11.2. The van der Waals surface area contributed by atoms with Gasteiger partial charge in [0.2, 0.25) is 10.0 Å². The maximum atomic E-state index is 11.2. The van der Waals surface area contributed by atoms with E-state index in [0.717, 1.165) is 0 Å². The fraction of sp³-hybridized carbons (Fsp3) is 0.429. The number of hydrogen-bond donors (Lipinski definition) is 2. The molecule has 1 heterocycles. The molecule has 7 heteroatoms. The van der Waals surface area contributed by atoms with E-state index in [4.69, 9.17) is 0 Å². The fourth-order valence-electron chi connectivity index (χ4n) is 0.898. The van der Waals surface area contributed by atoms with Crippen LogP contribution < -0.4 is 4.72 Å². The molecule has 6 nitrogen and oxygen atoms in total. The first kappa shape index (κ1) is 10.7. The lowest BCUT2D eigenvalue weighted by Crippen LogP contribution is -2.32. The van der Waals surface area contributed by atoms with Crippen LogP contribution in [0.5, 0.6) is 0 Å². The van der Waals surface area contributed by atoms with Crippen LogP contribution in [0.2, 0.25) is 0 Å². The smallest absolute Gasteiger partial charge is 0.273 e. The predicted octanol–water partition coefficient (Wildman–Crippen LogP) is -0.121. The molecular formula is C7H11N3O3S. The summed E-state index contributed by atoms with van der Waals surface area (Å²) in [6.45, 7) is 1.72. The SMILES string of the molecule is CCCS(=O)(=O)NC(=O)c1ccn[nH]1. The molecule has 0 saturated heterocycles. The average molecular weight is 217 g/mol. The van der Waals surface area contributed by atoms with Gasteiger partial charge in [-0.15, -0.1) is 0 Å². The molecule has 0 bridgehead atoms. The van der Waals surface area contributed by atoms with Crippen LogP contribution in [0, 0.1) is 0 Å². The third-order valence-corrected chi connectivity index (χ3v) is 2.91. The summed E-state index contributed by atoms with van der Waals surface area (Å²) in [5, 5.41) is 5.91. The maximum Gasteiger partial charge on any atom is 0.282 e. The van der Waals surface area contributed by atoms with Crippen LogP contribution >= 0.6 is 0 Å². The van der Waals surface area contributed by atoms with Crippen molar-refractivity contribution >= 4 is 15.9 Å². The molecule has 1 aromatic rings. The first-order valence-corrected chi connectivity index (χ1v) is 5.74. The van der Waals surface area contributed by atoms with Crippen LogP contribution in [0.15, 0.2) is 12.3 Å². The number of rotatable bonds is 4. The van der Waals surface area contributed by atoms with Gasteiger partial charge in [-0.05, 0) is 12.5 Å². The van der Waals surface area contributed by atoms with Gasteiger partial charge in [0.15, 0.2) is 0 Å². The Labute approximate surface area is 81.8 Å². The summed E-state index contributed by atoms with van der Waals surface area (Å²) >= 11 is 0. The number of carbonyl (C=O) groups is 1. The Balaban J connectivity index is 2.67. The molecule has 1 rings (SSSR count). The molecular weight excluding hydrogens is 206 g/mol. The summed E-state index contributed by atoms with van der Waals surface area (Å²) in [4.78, 5) is 11.2. The van der Waals surface area contributed by atoms with E-state index < -0.39 is 15.9 Å². The predicted molar refractivity (Wildman–Crippen MR) is 50.1 cm³/mol. The van der Waals surface area contributed by atoms with Crippen molar-refractivity contribution < 1.29 is 13.2 Å². The molecule has 0 aliphatic rings. The van der Waals surface area contributed by atoms with Crippen molar-refractivity contribution in [3.05, 3.63) is 18.0 Å². The second-order valence-electron chi connectivity index (χ2n) is 2.72. The van der Waals surface area contributed by atoms with E-state index in [0.29, 0.717) is 6.42 Å². The third kappa shape index (κ3) is 2.84. The van der Waals surface area contributed by atoms with Gasteiger partial charge in [0.25, 0.3) is 5.91 Å². The lowest BCUT2D eigenvalue weighted by Gasteiger charge is -2.03. The van der Waals surface area contributed by atoms with Crippen molar-refractivity contribution in [1.82, 2.24) is 14.9 Å². The Morgan fingerprint density at radius 3 is 2.86 bits per heavy atom. The van der Waals surface area contributed by atoms with Gasteiger partial charge in [-0.1, -0.05) is 6.92 Å². The first-order valence-electron chi connectivity index (χ1n) is 4.09. The molecule has 1 amide bonds. The minimum Gasteiger partial charge on any atom is -0.273 e. The Morgan fingerprint density at radius 1 is 1.64 bits per heavy atom. The number of sulfonamides is 1. The van der Waals surface area contributed by atoms with Gasteiger partial charge in [0, 0.05) is 6.20 Å². The number of hydrogen-bond acceptors (Lipinski definition) is 4. The number of aromatic nitrogens is 2. The highest BCUT2D eigenvalue weighted by atomic mass is 32.2. The van der Waals surface area contributed by atoms with Crippen LogP contribution in [-0.4, -0.2) is 30.3 Å². The number of H-pyrrole nitrogens is 1. The minimum atomic E-state index is -3.50. The monoisotopic (exact) mass is 217 g/mol. The number of amides is 1. The Bertz CT molecular complexity index is 396. The van der Waals surface area contributed by atoms with Gasteiger partial charge < -0.3 is 0 Å². The Hall–Kier alpha value is -1.37. The second kappa shape index (κ2) is 4.23. The highest BCUT2D eigenvalue weighted by Crippen LogP contribution is 1.94. The fourth-order valence-corrected chi connectivity index (χ4v) is 1.93. The van der Waals surface area contributed by atoms with E-state index in [1.54, 1.807) is 6.92 Å². The molecule has 0 aromatic carbocycles. The molecule has 0 saturated carbocycles.